The molecule has 21 heavy (non-hydrogen) atoms. The highest BCUT2D eigenvalue weighted by atomic mass is 16.4. The van der Waals surface area contributed by atoms with E-state index in [1.54, 1.807) is 0 Å². The van der Waals surface area contributed by atoms with Crippen molar-refractivity contribution < 1.29 is 14.7 Å². The van der Waals surface area contributed by atoms with Gasteiger partial charge in [0.1, 0.15) is 0 Å². The molecule has 4 nitrogen and oxygen atoms in total. The summed E-state index contributed by atoms with van der Waals surface area (Å²) in [6.45, 7) is 6.20. The third-order valence-electron chi connectivity index (χ3n) is 5.41. The van der Waals surface area contributed by atoms with Gasteiger partial charge in [-0.1, -0.05) is 26.7 Å². The van der Waals surface area contributed by atoms with E-state index in [0.717, 1.165) is 58.0 Å². The van der Waals surface area contributed by atoms with Crippen molar-refractivity contribution in [3.63, 3.8) is 0 Å². The van der Waals surface area contributed by atoms with E-state index in [1.807, 2.05) is 4.90 Å². The molecule has 1 amide bonds. The lowest BCUT2D eigenvalue weighted by molar-refractivity contribution is -0.141. The summed E-state index contributed by atoms with van der Waals surface area (Å²) in [7, 11) is 0. The van der Waals surface area contributed by atoms with Crippen molar-refractivity contribution in [2.45, 2.75) is 71.6 Å². The highest BCUT2D eigenvalue weighted by Crippen LogP contribution is 2.44. The fraction of sp³-hybridized carbons (Fsp3) is 0.882. The number of carbonyl (C=O) groups is 2. The molecule has 1 aliphatic carbocycles. The Bertz CT molecular complexity index is 397. The number of hydrogen-bond acceptors (Lipinski definition) is 2. The monoisotopic (exact) mass is 295 g/mol. The third kappa shape index (κ3) is 4.45. The molecule has 1 N–H and O–H groups in total. The zero-order valence-electron chi connectivity index (χ0n) is 13.5. The fourth-order valence-corrected chi connectivity index (χ4v) is 3.97. The molecule has 0 atom stereocenters. The van der Waals surface area contributed by atoms with Gasteiger partial charge >= 0.3 is 5.97 Å². The summed E-state index contributed by atoms with van der Waals surface area (Å²) in [5.74, 6) is -0.586. The van der Waals surface area contributed by atoms with Gasteiger partial charge in [-0.25, -0.2) is 0 Å². The molecule has 1 heterocycles. The van der Waals surface area contributed by atoms with Crippen LogP contribution in [0.15, 0.2) is 0 Å². The standard InChI is InChI=1S/C17H29NO3/c1-16(2)6-5-10-18(11-9-16)14(19)12-17(13-15(20)21)7-3-4-8-17/h3-13H2,1-2H3,(H,20,21). The van der Waals surface area contributed by atoms with E-state index < -0.39 is 5.97 Å². The Hall–Kier alpha value is -1.06. The molecule has 1 aliphatic heterocycles. The van der Waals surface area contributed by atoms with Gasteiger partial charge in [0, 0.05) is 19.5 Å². The Balaban J connectivity index is 1.97. The topological polar surface area (TPSA) is 57.6 Å². The van der Waals surface area contributed by atoms with Crippen molar-refractivity contribution in [3.05, 3.63) is 0 Å². The molecule has 1 saturated carbocycles. The lowest BCUT2D eigenvalue weighted by Crippen LogP contribution is -2.37. The molecule has 0 aromatic rings. The molecule has 4 heteroatoms. The van der Waals surface area contributed by atoms with Gasteiger partial charge in [0.25, 0.3) is 0 Å². The Morgan fingerprint density at radius 1 is 0.952 bits per heavy atom. The molecule has 0 unspecified atom stereocenters. The number of carboxylic acid groups (broad SMARTS) is 1. The normalized spacial score (nSPS) is 24.6. The Kier molecular flexibility index (Phi) is 4.95. The quantitative estimate of drug-likeness (QED) is 0.864. The number of rotatable bonds is 4. The Morgan fingerprint density at radius 3 is 2.24 bits per heavy atom. The van der Waals surface area contributed by atoms with Crippen molar-refractivity contribution in [1.82, 2.24) is 4.90 Å². The first-order chi connectivity index (χ1) is 9.82. The van der Waals surface area contributed by atoms with Crippen molar-refractivity contribution in [2.75, 3.05) is 13.1 Å². The number of amides is 1. The molecule has 2 rings (SSSR count). The minimum Gasteiger partial charge on any atom is -0.481 e. The van der Waals surface area contributed by atoms with Crippen molar-refractivity contribution in [2.24, 2.45) is 10.8 Å². The van der Waals surface area contributed by atoms with Crippen molar-refractivity contribution >= 4 is 11.9 Å². The van der Waals surface area contributed by atoms with Gasteiger partial charge in [0.05, 0.1) is 6.42 Å². The average Bonchev–Trinajstić information content (AvgIpc) is 2.71. The molecular weight excluding hydrogens is 266 g/mol. The van der Waals surface area contributed by atoms with E-state index >= 15 is 0 Å². The molecule has 2 aliphatic rings. The van der Waals surface area contributed by atoms with E-state index in [1.165, 1.54) is 0 Å². The molecule has 0 aromatic carbocycles. The first kappa shape index (κ1) is 16.3. The third-order valence-corrected chi connectivity index (χ3v) is 5.41. The molecule has 0 aromatic heterocycles. The van der Waals surface area contributed by atoms with Crippen LogP contribution in [0, 0.1) is 10.8 Å². The van der Waals surface area contributed by atoms with E-state index in [0.29, 0.717) is 11.8 Å². The van der Waals surface area contributed by atoms with Gasteiger partial charge in [-0.05, 0) is 42.9 Å². The van der Waals surface area contributed by atoms with Crippen LogP contribution in [0.2, 0.25) is 0 Å². The summed E-state index contributed by atoms with van der Waals surface area (Å²) in [6.07, 6.45) is 7.76. The van der Waals surface area contributed by atoms with Gasteiger partial charge in [-0.2, -0.15) is 0 Å². The lowest BCUT2D eigenvalue weighted by Gasteiger charge is -2.30. The lowest BCUT2D eigenvalue weighted by atomic mass is 9.79. The van der Waals surface area contributed by atoms with Gasteiger partial charge in [-0.3, -0.25) is 9.59 Å². The zero-order valence-corrected chi connectivity index (χ0v) is 13.5. The van der Waals surface area contributed by atoms with E-state index in [-0.39, 0.29) is 17.7 Å². The highest BCUT2D eigenvalue weighted by Gasteiger charge is 2.39. The molecule has 0 radical (unpaired) electrons. The van der Waals surface area contributed by atoms with Crippen LogP contribution in [0.25, 0.3) is 0 Å². The Morgan fingerprint density at radius 2 is 1.62 bits per heavy atom. The number of likely N-dealkylation sites (tertiary alicyclic amines) is 1. The summed E-state index contributed by atoms with van der Waals surface area (Å²) < 4.78 is 0. The van der Waals surface area contributed by atoms with Gasteiger partial charge in [-0.15, -0.1) is 0 Å². The summed E-state index contributed by atoms with van der Waals surface area (Å²) in [4.78, 5) is 25.8. The molecule has 0 bridgehead atoms. The predicted octanol–water partition coefficient (Wildman–Crippen LogP) is 3.45. The van der Waals surface area contributed by atoms with Crippen LogP contribution in [0.1, 0.15) is 71.6 Å². The number of carboxylic acids is 1. The van der Waals surface area contributed by atoms with Gasteiger partial charge in [0.2, 0.25) is 5.91 Å². The summed E-state index contributed by atoms with van der Waals surface area (Å²) in [6, 6.07) is 0. The predicted molar refractivity (Wildman–Crippen MR) is 82.0 cm³/mol. The first-order valence-electron chi connectivity index (χ1n) is 8.32. The van der Waals surface area contributed by atoms with Crippen LogP contribution >= 0.6 is 0 Å². The van der Waals surface area contributed by atoms with Crippen LogP contribution in [0.3, 0.4) is 0 Å². The van der Waals surface area contributed by atoms with Crippen LogP contribution in [0.4, 0.5) is 0 Å². The largest absolute Gasteiger partial charge is 0.481 e. The summed E-state index contributed by atoms with van der Waals surface area (Å²) in [5, 5.41) is 9.15. The summed E-state index contributed by atoms with van der Waals surface area (Å²) >= 11 is 0. The SMILES string of the molecule is CC1(C)CCCN(C(=O)CC2(CC(=O)O)CCCC2)CC1. The van der Waals surface area contributed by atoms with Crippen molar-refractivity contribution in [3.8, 4) is 0 Å². The zero-order chi connectivity index (χ0) is 15.5. The molecule has 120 valence electrons. The minimum absolute atomic E-state index is 0.151. The van der Waals surface area contributed by atoms with Crippen molar-refractivity contribution in [1.29, 1.82) is 0 Å². The second-order valence-corrected chi connectivity index (χ2v) is 7.85. The van der Waals surface area contributed by atoms with E-state index in [2.05, 4.69) is 13.8 Å². The van der Waals surface area contributed by atoms with Crippen LogP contribution in [-0.4, -0.2) is 35.0 Å². The first-order valence-corrected chi connectivity index (χ1v) is 8.32. The number of nitrogens with zero attached hydrogens (tertiary/aromatic N) is 1. The molecule has 2 fully saturated rings. The maximum absolute atomic E-state index is 12.6. The average molecular weight is 295 g/mol. The van der Waals surface area contributed by atoms with Gasteiger partial charge < -0.3 is 10.0 Å². The molecule has 1 saturated heterocycles. The maximum Gasteiger partial charge on any atom is 0.303 e. The summed E-state index contributed by atoms with van der Waals surface area (Å²) in [5.41, 5.74) is 0.0475. The minimum atomic E-state index is -0.762. The fourth-order valence-electron chi connectivity index (χ4n) is 3.97. The maximum atomic E-state index is 12.6. The van der Waals surface area contributed by atoms with E-state index in [4.69, 9.17) is 5.11 Å². The number of hydrogen-bond donors (Lipinski definition) is 1. The van der Waals surface area contributed by atoms with Crippen LogP contribution in [-0.2, 0) is 9.59 Å². The molecular formula is C17H29NO3. The van der Waals surface area contributed by atoms with Crippen LogP contribution in [0.5, 0.6) is 0 Å². The van der Waals surface area contributed by atoms with E-state index in [9.17, 15) is 9.59 Å². The second-order valence-electron chi connectivity index (χ2n) is 7.85. The highest BCUT2D eigenvalue weighted by molar-refractivity contribution is 5.78. The van der Waals surface area contributed by atoms with Gasteiger partial charge in [0.15, 0.2) is 0 Å². The number of carbonyl (C=O) groups excluding carboxylic acids is 1. The smallest absolute Gasteiger partial charge is 0.303 e. The van der Waals surface area contributed by atoms with Crippen LogP contribution < -0.4 is 0 Å². The second kappa shape index (κ2) is 6.37. The number of aliphatic carboxylic acids is 1. The molecule has 0 spiro atoms. The Labute approximate surface area is 127 Å².